The number of carboxylic acid groups (broad SMARTS) is 1. The van der Waals surface area contributed by atoms with E-state index in [1.807, 2.05) is 31.2 Å². The quantitative estimate of drug-likeness (QED) is 0.228. The lowest BCUT2D eigenvalue weighted by molar-refractivity contribution is -0.876. The third-order valence-electron chi connectivity index (χ3n) is 8.95. The molecule has 3 aliphatic rings. The summed E-state index contributed by atoms with van der Waals surface area (Å²) in [5.74, 6) is 1.33. The Bertz CT molecular complexity index is 1410. The molecular formula is C30H38N5O6+. The van der Waals surface area contributed by atoms with Gasteiger partial charge in [-0.3, -0.25) is 9.59 Å². The largest absolute Gasteiger partial charge is 0.513 e. The first-order chi connectivity index (χ1) is 19.8. The Labute approximate surface area is 238 Å². The molecule has 0 spiro atoms. The van der Waals surface area contributed by atoms with Gasteiger partial charge in [0.15, 0.2) is 0 Å². The predicted molar refractivity (Wildman–Crippen MR) is 150 cm³/mol. The minimum atomic E-state index is -0.810. The maximum absolute atomic E-state index is 13.7. The van der Waals surface area contributed by atoms with E-state index in [0.717, 1.165) is 30.2 Å². The average molecular weight is 565 g/mol. The van der Waals surface area contributed by atoms with Crippen LogP contribution in [0.4, 0.5) is 4.79 Å². The maximum atomic E-state index is 13.7. The summed E-state index contributed by atoms with van der Waals surface area (Å²) < 4.78 is 11.7. The number of hydrogen-bond donors (Lipinski definition) is 2. The molecule has 41 heavy (non-hydrogen) atoms. The fraction of sp³-hybridized carbons (Fsp3) is 0.533. The number of benzene rings is 1. The number of unbranched alkanes of at least 4 members (excludes halogenated alkanes) is 2. The summed E-state index contributed by atoms with van der Waals surface area (Å²) in [6, 6.07) is 8.88. The number of hydrogen-bond acceptors (Lipinski definition) is 8. The van der Waals surface area contributed by atoms with E-state index in [9.17, 15) is 19.5 Å². The van der Waals surface area contributed by atoms with Crippen molar-refractivity contribution in [1.82, 2.24) is 20.5 Å². The molecule has 2 bridgehead atoms. The Morgan fingerprint density at radius 2 is 1.83 bits per heavy atom. The van der Waals surface area contributed by atoms with Crippen molar-refractivity contribution in [3.05, 3.63) is 36.2 Å². The van der Waals surface area contributed by atoms with Crippen molar-refractivity contribution in [1.29, 1.82) is 0 Å². The summed E-state index contributed by atoms with van der Waals surface area (Å²) in [6.45, 7) is 3.24. The molecule has 3 fully saturated rings. The van der Waals surface area contributed by atoms with Crippen molar-refractivity contribution in [2.24, 2.45) is 5.41 Å². The minimum Gasteiger partial charge on any atom is -0.496 e. The van der Waals surface area contributed by atoms with Crippen LogP contribution in [-0.2, 0) is 9.59 Å². The lowest BCUT2D eigenvalue weighted by atomic mass is 9.70. The van der Waals surface area contributed by atoms with Gasteiger partial charge in [0.05, 0.1) is 37.7 Å². The molecule has 0 unspecified atom stereocenters. The van der Waals surface area contributed by atoms with Crippen LogP contribution in [0.15, 0.2) is 34.7 Å². The number of carbonyl (C=O) groups excluding carboxylic acids is 2. The normalized spacial score (nSPS) is 22.4. The van der Waals surface area contributed by atoms with Gasteiger partial charge in [-0.15, -0.1) is 10.2 Å². The molecule has 1 atom stereocenters. The second-order valence-electron chi connectivity index (χ2n) is 11.3. The van der Waals surface area contributed by atoms with Gasteiger partial charge in [-0.05, 0) is 25.0 Å². The number of ketones is 1. The van der Waals surface area contributed by atoms with Crippen molar-refractivity contribution in [3.8, 4) is 17.3 Å². The number of pyridine rings is 1. The first-order valence-electron chi connectivity index (χ1n) is 14.5. The van der Waals surface area contributed by atoms with Crippen LogP contribution in [0, 0.1) is 5.41 Å². The molecule has 3 saturated heterocycles. The summed E-state index contributed by atoms with van der Waals surface area (Å²) in [4.78, 5) is 42.0. The van der Waals surface area contributed by atoms with Gasteiger partial charge in [0, 0.05) is 43.6 Å². The summed E-state index contributed by atoms with van der Waals surface area (Å²) in [7, 11) is 1.60. The molecule has 5 heterocycles. The highest BCUT2D eigenvalue weighted by molar-refractivity contribution is 5.87. The zero-order chi connectivity index (χ0) is 29.0. The van der Waals surface area contributed by atoms with Crippen LogP contribution >= 0.6 is 0 Å². The van der Waals surface area contributed by atoms with Crippen LogP contribution in [0.3, 0.4) is 0 Å². The number of ether oxygens (including phenoxy) is 1. The van der Waals surface area contributed by atoms with Crippen LogP contribution < -0.4 is 10.1 Å². The molecule has 11 heteroatoms. The van der Waals surface area contributed by atoms with Gasteiger partial charge in [0.1, 0.15) is 23.3 Å². The fourth-order valence-electron chi connectivity index (χ4n) is 6.12. The van der Waals surface area contributed by atoms with Gasteiger partial charge in [0.2, 0.25) is 11.8 Å². The number of methoxy groups -OCH3 is 1. The zero-order valence-electron chi connectivity index (χ0n) is 23.7. The molecular weight excluding hydrogens is 526 g/mol. The number of para-hydroxylation sites is 1. The smallest absolute Gasteiger partial charge is 0.496 e. The van der Waals surface area contributed by atoms with Crippen molar-refractivity contribution in [2.45, 2.75) is 70.8 Å². The molecule has 0 radical (unpaired) electrons. The van der Waals surface area contributed by atoms with E-state index >= 15 is 0 Å². The summed E-state index contributed by atoms with van der Waals surface area (Å²) in [6.07, 6.45) is 4.87. The summed E-state index contributed by atoms with van der Waals surface area (Å²) in [5.41, 5.74) is 0.623. The highest BCUT2D eigenvalue weighted by atomic mass is 16.5. The predicted octanol–water partition coefficient (Wildman–Crippen LogP) is 5.06. The average Bonchev–Trinajstić information content (AvgIpc) is 3.50. The Morgan fingerprint density at radius 1 is 1.10 bits per heavy atom. The lowest BCUT2D eigenvalue weighted by Crippen LogP contribution is -2.66. The van der Waals surface area contributed by atoms with Crippen LogP contribution in [0.2, 0.25) is 0 Å². The van der Waals surface area contributed by atoms with Crippen LogP contribution in [0.5, 0.6) is 5.75 Å². The van der Waals surface area contributed by atoms with E-state index in [1.165, 1.54) is 0 Å². The van der Waals surface area contributed by atoms with Crippen LogP contribution in [-0.4, -0.2) is 69.3 Å². The van der Waals surface area contributed by atoms with E-state index in [4.69, 9.17) is 9.15 Å². The molecule has 6 rings (SSSR count). The minimum absolute atomic E-state index is 0.0458. The zero-order valence-corrected chi connectivity index (χ0v) is 23.7. The number of nitrogens with zero attached hydrogens (tertiary/aromatic N) is 4. The number of aromatic nitrogens is 3. The van der Waals surface area contributed by atoms with Crippen LogP contribution in [0.25, 0.3) is 22.5 Å². The van der Waals surface area contributed by atoms with Gasteiger partial charge in [-0.2, -0.15) is 4.79 Å². The molecule has 2 N–H and O–H groups in total. The maximum Gasteiger partial charge on any atom is 0.513 e. The molecule has 3 aromatic rings. The first-order valence-corrected chi connectivity index (χ1v) is 14.5. The topological polar surface area (TPSA) is 145 Å². The van der Waals surface area contributed by atoms with E-state index in [2.05, 4.69) is 20.5 Å². The van der Waals surface area contributed by atoms with Gasteiger partial charge in [-0.1, -0.05) is 31.9 Å². The third kappa shape index (κ3) is 5.81. The molecule has 2 amide bonds. The van der Waals surface area contributed by atoms with Gasteiger partial charge in [0.25, 0.3) is 5.89 Å². The molecule has 2 aromatic heterocycles. The second-order valence-corrected chi connectivity index (χ2v) is 11.3. The summed E-state index contributed by atoms with van der Waals surface area (Å²) >= 11 is 0. The molecule has 218 valence electrons. The molecule has 1 aromatic carbocycles. The number of amides is 2. The number of rotatable bonds is 12. The van der Waals surface area contributed by atoms with Crippen molar-refractivity contribution < 1.29 is 33.1 Å². The Morgan fingerprint density at radius 3 is 2.51 bits per heavy atom. The number of carbonyl (C=O) groups is 3. The Balaban J connectivity index is 1.35. The van der Waals surface area contributed by atoms with Gasteiger partial charge < -0.3 is 19.6 Å². The van der Waals surface area contributed by atoms with E-state index in [0.29, 0.717) is 75.5 Å². The highest BCUT2D eigenvalue weighted by Crippen LogP contribution is 2.45. The number of fused-ring (bicyclic) bond motifs is 4. The monoisotopic (exact) mass is 564 g/mol. The Kier molecular flexibility index (Phi) is 8.35. The van der Waals surface area contributed by atoms with E-state index in [1.54, 1.807) is 13.2 Å². The number of piperidine rings is 3. The third-order valence-corrected chi connectivity index (χ3v) is 8.95. The van der Waals surface area contributed by atoms with Gasteiger partial charge in [-0.25, -0.2) is 9.47 Å². The van der Waals surface area contributed by atoms with Crippen LogP contribution in [0.1, 0.15) is 76.6 Å². The van der Waals surface area contributed by atoms with Gasteiger partial charge >= 0.3 is 6.09 Å². The molecule has 3 aliphatic heterocycles. The molecule has 0 aliphatic carbocycles. The van der Waals surface area contributed by atoms with E-state index < -0.39 is 17.6 Å². The SMILES string of the molecule is CCC(=O)CCCCC[C@H](NC(=O)C12CC[N+](C(=O)O)(CC1)CC2)c1nnc(-c2cc(OC)c3ccccc3n2)o1. The number of nitrogens with one attached hydrogen (secondary N) is 1. The van der Waals surface area contributed by atoms with Crippen molar-refractivity contribution >= 4 is 28.7 Å². The number of quaternary nitrogens is 1. The standard InChI is InChI=1S/C30H37N5O6/c1-3-20(36)9-5-4-6-12-23(32-28(37)30-13-16-35(17-14-30,18-15-30)29(38)39)26-33-34-27(41-26)24-19-25(40-2)21-10-7-8-11-22(21)31-24/h7-8,10-11,19,23H,3-6,9,12-18H2,1-2H3,(H-,32,37,38,39)/p+1/t23-,30?,35?/m0/s1. The molecule has 11 nitrogen and oxygen atoms in total. The summed E-state index contributed by atoms with van der Waals surface area (Å²) in [5, 5.41) is 22.4. The molecule has 0 saturated carbocycles. The van der Waals surface area contributed by atoms with Crippen molar-refractivity contribution in [3.63, 3.8) is 0 Å². The Hall–Kier alpha value is -3.86. The second kappa shape index (κ2) is 11.9. The fourth-order valence-corrected chi connectivity index (χ4v) is 6.12. The van der Waals surface area contributed by atoms with Crippen molar-refractivity contribution in [2.75, 3.05) is 26.7 Å². The lowest BCUT2D eigenvalue weighted by Gasteiger charge is -2.50. The first kappa shape index (κ1) is 28.7. The number of Topliss-reactive ketones (excluding diaryl/α,β-unsaturated/α-hetero) is 1. The van der Waals surface area contributed by atoms with E-state index in [-0.39, 0.29) is 22.1 Å². The highest BCUT2D eigenvalue weighted by Gasteiger charge is 2.56.